The summed E-state index contributed by atoms with van der Waals surface area (Å²) in [5.74, 6) is -3.72. The summed E-state index contributed by atoms with van der Waals surface area (Å²) in [6, 6.07) is 0. The predicted octanol–water partition coefficient (Wildman–Crippen LogP) is -1.19. The number of ether oxygens (including phenoxy) is 2. The number of aliphatic hydroxyl groups excluding tert-OH is 2. The summed E-state index contributed by atoms with van der Waals surface area (Å²) < 4.78 is 25.7. The molecule has 1 saturated heterocycles. The van der Waals surface area contributed by atoms with Crippen molar-refractivity contribution in [3.05, 3.63) is 0 Å². The Balaban J connectivity index is 3.02. The molecule has 0 aromatic carbocycles. The van der Waals surface area contributed by atoms with Gasteiger partial charge in [0.2, 0.25) is 0 Å². The van der Waals surface area contributed by atoms with Crippen LogP contribution in [0, 0.1) is 0 Å². The number of carboxylic acids is 1. The molecule has 5 N–H and O–H groups in total. The molecule has 1 aliphatic rings. The second kappa shape index (κ2) is 7.12. The van der Waals surface area contributed by atoms with Crippen molar-refractivity contribution in [2.75, 3.05) is 13.2 Å². The van der Waals surface area contributed by atoms with Gasteiger partial charge in [-0.3, -0.25) is 4.52 Å². The SMILES string of the molecule is CCO[C@]1(C(=O)O)C[C@@H](OP(=O)(O)O)CC([C@H](O)CO)O1. The molecule has 0 aromatic rings. The number of carboxylic acid groups (broad SMARTS) is 1. The Morgan fingerprint density at radius 1 is 1.52 bits per heavy atom. The Bertz CT molecular complexity index is 409. The summed E-state index contributed by atoms with van der Waals surface area (Å²) >= 11 is 0. The lowest BCUT2D eigenvalue weighted by Crippen LogP contribution is -2.56. The van der Waals surface area contributed by atoms with Gasteiger partial charge in [-0.1, -0.05) is 0 Å². The van der Waals surface area contributed by atoms with Crippen LogP contribution in [0.4, 0.5) is 0 Å². The van der Waals surface area contributed by atoms with Crippen molar-refractivity contribution in [2.45, 2.75) is 43.9 Å². The van der Waals surface area contributed by atoms with Crippen LogP contribution in [0.15, 0.2) is 0 Å². The van der Waals surface area contributed by atoms with Gasteiger partial charge in [0.05, 0.1) is 18.8 Å². The quantitative estimate of drug-likeness (QED) is 0.359. The molecule has 1 fully saturated rings. The molecule has 10 nitrogen and oxygen atoms in total. The summed E-state index contributed by atoms with van der Waals surface area (Å²) in [7, 11) is -4.85. The normalized spacial score (nSPS) is 31.9. The van der Waals surface area contributed by atoms with Crippen molar-refractivity contribution in [3.63, 3.8) is 0 Å². The van der Waals surface area contributed by atoms with E-state index in [1.54, 1.807) is 0 Å². The minimum atomic E-state index is -4.85. The molecule has 1 unspecified atom stereocenters. The Hall–Kier alpha value is -0.580. The molecular formula is C10H19O10P. The van der Waals surface area contributed by atoms with Gasteiger partial charge >= 0.3 is 13.8 Å². The lowest BCUT2D eigenvalue weighted by atomic mass is 9.95. The standard InChI is InChI=1S/C10H19O10P/c1-2-18-10(9(13)14)4-6(20-21(15,16)17)3-8(19-10)7(12)5-11/h6-8,11-12H,2-5H2,1H3,(H,13,14)(H2,15,16,17)/t6-,7+,8?,10+/m0/s1. The van der Waals surface area contributed by atoms with E-state index in [0.29, 0.717) is 0 Å². The van der Waals surface area contributed by atoms with Crippen molar-refractivity contribution in [1.29, 1.82) is 0 Å². The minimum Gasteiger partial charge on any atom is -0.477 e. The predicted molar refractivity (Wildman–Crippen MR) is 66.1 cm³/mol. The zero-order chi connectivity index (χ0) is 16.3. The first-order valence-electron chi connectivity index (χ1n) is 6.21. The first-order valence-corrected chi connectivity index (χ1v) is 7.74. The first kappa shape index (κ1) is 18.5. The molecule has 1 heterocycles. The number of rotatable bonds is 7. The highest BCUT2D eigenvalue weighted by atomic mass is 31.2. The van der Waals surface area contributed by atoms with Crippen molar-refractivity contribution >= 4 is 13.8 Å². The molecule has 0 bridgehead atoms. The van der Waals surface area contributed by atoms with E-state index in [4.69, 9.17) is 24.4 Å². The maximum atomic E-state index is 11.4. The summed E-state index contributed by atoms with van der Waals surface area (Å²) in [5, 5.41) is 27.8. The number of aliphatic carboxylic acids is 1. The van der Waals surface area contributed by atoms with Gasteiger partial charge in [-0.25, -0.2) is 9.36 Å². The number of hydrogen-bond donors (Lipinski definition) is 5. The van der Waals surface area contributed by atoms with Gasteiger partial charge in [0.1, 0.15) is 6.10 Å². The molecule has 0 aromatic heterocycles. The number of phosphoric acid groups is 1. The molecule has 0 saturated carbocycles. The molecule has 0 spiro atoms. The fourth-order valence-corrected chi connectivity index (χ4v) is 2.69. The Kier molecular flexibility index (Phi) is 6.26. The second-order valence-electron chi connectivity index (χ2n) is 4.56. The molecule has 0 radical (unpaired) electrons. The average molecular weight is 330 g/mol. The van der Waals surface area contributed by atoms with Gasteiger partial charge in [-0.15, -0.1) is 0 Å². The van der Waals surface area contributed by atoms with E-state index in [9.17, 15) is 19.6 Å². The lowest BCUT2D eigenvalue weighted by molar-refractivity contribution is -0.299. The summed E-state index contributed by atoms with van der Waals surface area (Å²) in [4.78, 5) is 29.1. The van der Waals surface area contributed by atoms with Crippen LogP contribution in [-0.4, -0.2) is 68.4 Å². The lowest BCUT2D eigenvalue weighted by Gasteiger charge is -2.42. The molecule has 0 aliphatic carbocycles. The third-order valence-corrected chi connectivity index (χ3v) is 3.51. The van der Waals surface area contributed by atoms with Gasteiger partial charge in [0.25, 0.3) is 5.79 Å². The number of phosphoric ester groups is 1. The molecule has 11 heteroatoms. The summed E-state index contributed by atoms with van der Waals surface area (Å²) in [5.41, 5.74) is 0. The van der Waals surface area contributed by atoms with E-state index in [2.05, 4.69) is 4.52 Å². The molecular weight excluding hydrogens is 311 g/mol. The van der Waals surface area contributed by atoms with E-state index >= 15 is 0 Å². The van der Waals surface area contributed by atoms with E-state index < -0.39 is 50.9 Å². The van der Waals surface area contributed by atoms with Crippen LogP contribution in [0.25, 0.3) is 0 Å². The van der Waals surface area contributed by atoms with Gasteiger partial charge in [0.15, 0.2) is 0 Å². The van der Waals surface area contributed by atoms with Crippen molar-refractivity contribution in [1.82, 2.24) is 0 Å². The van der Waals surface area contributed by atoms with E-state index in [0.717, 1.165) is 0 Å². The van der Waals surface area contributed by atoms with Crippen LogP contribution < -0.4 is 0 Å². The van der Waals surface area contributed by atoms with Crippen LogP contribution in [0.2, 0.25) is 0 Å². The van der Waals surface area contributed by atoms with Crippen LogP contribution >= 0.6 is 7.82 Å². The largest absolute Gasteiger partial charge is 0.477 e. The zero-order valence-electron chi connectivity index (χ0n) is 11.3. The van der Waals surface area contributed by atoms with Crippen LogP contribution in [0.5, 0.6) is 0 Å². The fourth-order valence-electron chi connectivity index (χ4n) is 2.14. The monoisotopic (exact) mass is 330 g/mol. The van der Waals surface area contributed by atoms with Gasteiger partial charge < -0.3 is 34.6 Å². The molecule has 124 valence electrons. The smallest absolute Gasteiger partial charge is 0.469 e. The fraction of sp³-hybridized carbons (Fsp3) is 0.900. The number of aliphatic hydroxyl groups is 2. The van der Waals surface area contributed by atoms with E-state index in [1.165, 1.54) is 6.92 Å². The highest BCUT2D eigenvalue weighted by molar-refractivity contribution is 7.46. The second-order valence-corrected chi connectivity index (χ2v) is 5.75. The van der Waals surface area contributed by atoms with Crippen LogP contribution in [0.1, 0.15) is 19.8 Å². The Morgan fingerprint density at radius 2 is 2.14 bits per heavy atom. The highest BCUT2D eigenvalue weighted by Gasteiger charge is 2.51. The topological polar surface area (TPSA) is 163 Å². The van der Waals surface area contributed by atoms with Crippen molar-refractivity contribution in [2.24, 2.45) is 0 Å². The average Bonchev–Trinajstić information content (AvgIpc) is 2.35. The molecule has 21 heavy (non-hydrogen) atoms. The Labute approximate surface area is 120 Å². The van der Waals surface area contributed by atoms with Gasteiger partial charge in [-0.2, -0.15) is 0 Å². The van der Waals surface area contributed by atoms with E-state index in [-0.39, 0.29) is 13.0 Å². The van der Waals surface area contributed by atoms with Crippen LogP contribution in [-0.2, 0) is 23.4 Å². The zero-order valence-corrected chi connectivity index (χ0v) is 12.2. The van der Waals surface area contributed by atoms with E-state index in [1.807, 2.05) is 0 Å². The van der Waals surface area contributed by atoms with Gasteiger partial charge in [-0.05, 0) is 6.92 Å². The number of carbonyl (C=O) groups is 1. The minimum absolute atomic E-state index is 0.0448. The molecule has 1 rings (SSSR count). The summed E-state index contributed by atoms with van der Waals surface area (Å²) in [6.07, 6.45) is -4.52. The number of hydrogen-bond acceptors (Lipinski definition) is 7. The molecule has 4 atom stereocenters. The highest BCUT2D eigenvalue weighted by Crippen LogP contribution is 2.43. The molecule has 1 aliphatic heterocycles. The maximum absolute atomic E-state index is 11.4. The third kappa shape index (κ3) is 4.97. The van der Waals surface area contributed by atoms with Crippen LogP contribution in [0.3, 0.4) is 0 Å². The van der Waals surface area contributed by atoms with Gasteiger partial charge in [0, 0.05) is 19.4 Å². The third-order valence-electron chi connectivity index (χ3n) is 2.94. The first-order chi connectivity index (χ1) is 9.63. The Morgan fingerprint density at radius 3 is 2.57 bits per heavy atom. The van der Waals surface area contributed by atoms with Crippen molar-refractivity contribution < 1.29 is 48.5 Å². The van der Waals surface area contributed by atoms with Crippen molar-refractivity contribution in [3.8, 4) is 0 Å². The maximum Gasteiger partial charge on any atom is 0.469 e. The molecule has 0 amide bonds. The summed E-state index contributed by atoms with van der Waals surface area (Å²) in [6.45, 7) is 0.755.